The van der Waals surface area contributed by atoms with Crippen LogP contribution in [-0.2, 0) is 4.79 Å². The normalized spacial score (nSPS) is 14.5. The average Bonchev–Trinajstić information content (AvgIpc) is 2.79. The highest BCUT2D eigenvalue weighted by Crippen LogP contribution is 2.33. The van der Waals surface area contributed by atoms with Gasteiger partial charge in [-0.15, -0.1) is 0 Å². The maximum atomic E-state index is 11.8. The molecule has 0 saturated heterocycles. The van der Waals surface area contributed by atoms with Gasteiger partial charge in [-0.3, -0.25) is 4.90 Å². The molecule has 0 aliphatic carbocycles. The Morgan fingerprint density at radius 1 is 0.867 bits per heavy atom. The summed E-state index contributed by atoms with van der Waals surface area (Å²) in [6.07, 6.45) is 2.47. The van der Waals surface area contributed by atoms with Crippen molar-refractivity contribution >= 4 is 12.0 Å². The number of rotatable bonds is 9. The molecule has 0 heterocycles. The lowest BCUT2D eigenvalue weighted by Crippen LogP contribution is -2.42. The molecule has 2 N–H and O–H groups in total. The molecule has 3 atom stereocenters. The van der Waals surface area contributed by atoms with Crippen LogP contribution in [0, 0.1) is 0 Å². The van der Waals surface area contributed by atoms with Gasteiger partial charge in [0.2, 0.25) is 0 Å². The summed E-state index contributed by atoms with van der Waals surface area (Å²) in [5.41, 5.74) is 2.90. The molecule has 0 amide bonds. The van der Waals surface area contributed by atoms with Crippen LogP contribution in [0.4, 0.5) is 0 Å². The van der Waals surface area contributed by atoms with Crippen LogP contribution in [0.2, 0.25) is 0 Å². The zero-order valence-corrected chi connectivity index (χ0v) is 17.0. The first-order valence-corrected chi connectivity index (χ1v) is 10.1. The molecule has 0 aliphatic heterocycles. The van der Waals surface area contributed by atoms with Crippen LogP contribution in [-0.4, -0.2) is 33.7 Å². The summed E-state index contributed by atoms with van der Waals surface area (Å²) in [7, 11) is 0. The minimum absolute atomic E-state index is 0.106. The number of hydrogen-bond donors (Lipinski definition) is 2. The number of nitrogens with zero attached hydrogens (tertiary/aromatic N) is 1. The van der Waals surface area contributed by atoms with Crippen LogP contribution in [0.25, 0.3) is 6.08 Å². The summed E-state index contributed by atoms with van der Waals surface area (Å²) >= 11 is 0. The fourth-order valence-electron chi connectivity index (χ4n) is 3.65. The molecular formula is C26H27NO3. The van der Waals surface area contributed by atoms with Crippen molar-refractivity contribution in [2.45, 2.75) is 25.1 Å². The molecular weight excluding hydrogens is 374 g/mol. The Kier molecular flexibility index (Phi) is 7.55. The van der Waals surface area contributed by atoms with E-state index in [0.29, 0.717) is 6.54 Å². The van der Waals surface area contributed by atoms with E-state index in [9.17, 15) is 15.0 Å². The van der Waals surface area contributed by atoms with Crippen LogP contribution in [0.5, 0.6) is 0 Å². The molecule has 0 saturated carbocycles. The first-order chi connectivity index (χ1) is 14.6. The second-order valence-electron chi connectivity index (χ2n) is 7.24. The van der Waals surface area contributed by atoms with Crippen LogP contribution in [0.1, 0.15) is 35.7 Å². The largest absolute Gasteiger partial charge is 0.479 e. The summed E-state index contributed by atoms with van der Waals surface area (Å²) < 4.78 is 0. The van der Waals surface area contributed by atoms with E-state index < -0.39 is 18.1 Å². The van der Waals surface area contributed by atoms with Gasteiger partial charge in [0.05, 0.1) is 6.04 Å². The quantitative estimate of drug-likeness (QED) is 0.533. The van der Waals surface area contributed by atoms with Crippen molar-refractivity contribution in [2.75, 3.05) is 6.54 Å². The molecule has 154 valence electrons. The standard InChI is InChI=1S/C26H27NO3/c1-20(22-15-7-3-8-16-22)27(19-11-14-21-12-5-2-6-13-21)24(25(28)26(29)30)23-17-9-4-10-18-23/h2-18,20,24-25,28H,19H2,1H3,(H,29,30)/b14-11+. The minimum Gasteiger partial charge on any atom is -0.479 e. The highest BCUT2D eigenvalue weighted by atomic mass is 16.4. The summed E-state index contributed by atoms with van der Waals surface area (Å²) in [6.45, 7) is 2.52. The maximum Gasteiger partial charge on any atom is 0.334 e. The Balaban J connectivity index is 1.98. The number of hydrogen-bond acceptors (Lipinski definition) is 3. The molecule has 30 heavy (non-hydrogen) atoms. The van der Waals surface area contributed by atoms with Gasteiger partial charge in [-0.1, -0.05) is 103 Å². The third-order valence-corrected chi connectivity index (χ3v) is 5.26. The Hall–Kier alpha value is -3.21. The van der Waals surface area contributed by atoms with E-state index in [1.165, 1.54) is 0 Å². The molecule has 0 aromatic heterocycles. The van der Waals surface area contributed by atoms with Gasteiger partial charge in [0.25, 0.3) is 0 Å². The van der Waals surface area contributed by atoms with Crippen molar-refractivity contribution in [2.24, 2.45) is 0 Å². The van der Waals surface area contributed by atoms with Crippen molar-refractivity contribution in [3.63, 3.8) is 0 Å². The second-order valence-corrected chi connectivity index (χ2v) is 7.24. The summed E-state index contributed by atoms with van der Waals surface area (Å²) in [6, 6.07) is 28.4. The monoisotopic (exact) mass is 401 g/mol. The number of carboxylic acids is 1. The van der Waals surface area contributed by atoms with E-state index in [4.69, 9.17) is 0 Å². The molecule has 3 aromatic rings. The van der Waals surface area contributed by atoms with Crippen LogP contribution in [0.15, 0.2) is 97.1 Å². The Labute approximate surface area is 177 Å². The van der Waals surface area contributed by atoms with E-state index in [1.807, 2.05) is 115 Å². The van der Waals surface area contributed by atoms with Gasteiger partial charge in [-0.25, -0.2) is 4.79 Å². The predicted octanol–water partition coefficient (Wildman–Crippen LogP) is 4.95. The lowest BCUT2D eigenvalue weighted by Gasteiger charge is -2.37. The predicted molar refractivity (Wildman–Crippen MR) is 120 cm³/mol. The van der Waals surface area contributed by atoms with Gasteiger partial charge in [-0.05, 0) is 23.6 Å². The number of aliphatic hydroxyl groups excluding tert-OH is 1. The molecule has 3 aromatic carbocycles. The van der Waals surface area contributed by atoms with Gasteiger partial charge in [-0.2, -0.15) is 0 Å². The number of carbonyl (C=O) groups is 1. The van der Waals surface area contributed by atoms with Gasteiger partial charge in [0, 0.05) is 12.6 Å². The Morgan fingerprint density at radius 3 is 1.90 bits per heavy atom. The molecule has 0 bridgehead atoms. The Bertz CT molecular complexity index is 942. The number of aliphatic hydroxyl groups is 1. The van der Waals surface area contributed by atoms with E-state index in [0.717, 1.165) is 16.7 Å². The van der Waals surface area contributed by atoms with Gasteiger partial charge in [0.15, 0.2) is 6.10 Å². The molecule has 0 radical (unpaired) electrons. The van der Waals surface area contributed by atoms with E-state index in [1.54, 1.807) is 0 Å². The lowest BCUT2D eigenvalue weighted by molar-refractivity contribution is -0.151. The molecule has 3 rings (SSSR count). The Morgan fingerprint density at radius 2 is 1.37 bits per heavy atom. The molecule has 3 unspecified atom stereocenters. The summed E-state index contributed by atoms with van der Waals surface area (Å²) in [5.74, 6) is -1.24. The first kappa shape index (κ1) is 21.5. The number of benzene rings is 3. The van der Waals surface area contributed by atoms with Crippen molar-refractivity contribution in [3.05, 3.63) is 114 Å². The smallest absolute Gasteiger partial charge is 0.334 e. The van der Waals surface area contributed by atoms with Gasteiger partial charge >= 0.3 is 5.97 Å². The number of carboxylic acid groups (broad SMARTS) is 1. The van der Waals surface area contributed by atoms with Crippen LogP contribution in [0.3, 0.4) is 0 Å². The van der Waals surface area contributed by atoms with E-state index >= 15 is 0 Å². The molecule has 4 nitrogen and oxygen atoms in total. The summed E-state index contributed by atoms with van der Waals surface area (Å²) in [4.78, 5) is 13.8. The SMILES string of the molecule is CC(c1ccccc1)N(C/C=C/c1ccccc1)C(c1ccccc1)C(O)C(=O)O. The first-order valence-electron chi connectivity index (χ1n) is 10.1. The molecule has 4 heteroatoms. The van der Waals surface area contributed by atoms with Crippen molar-refractivity contribution in [1.29, 1.82) is 0 Å². The average molecular weight is 402 g/mol. The van der Waals surface area contributed by atoms with E-state index in [2.05, 4.69) is 0 Å². The third-order valence-electron chi connectivity index (χ3n) is 5.26. The lowest BCUT2D eigenvalue weighted by atomic mass is 9.95. The zero-order valence-electron chi connectivity index (χ0n) is 17.0. The fraction of sp³-hybridized carbons (Fsp3) is 0.192. The maximum absolute atomic E-state index is 11.8. The molecule has 0 fully saturated rings. The second kappa shape index (κ2) is 10.5. The molecule has 0 spiro atoms. The highest BCUT2D eigenvalue weighted by Gasteiger charge is 2.34. The van der Waals surface area contributed by atoms with Gasteiger partial charge < -0.3 is 10.2 Å². The topological polar surface area (TPSA) is 60.8 Å². The van der Waals surface area contributed by atoms with Crippen molar-refractivity contribution in [3.8, 4) is 0 Å². The number of aliphatic carboxylic acids is 1. The van der Waals surface area contributed by atoms with E-state index in [-0.39, 0.29) is 6.04 Å². The minimum atomic E-state index is -1.55. The van der Waals surface area contributed by atoms with Crippen LogP contribution < -0.4 is 0 Å². The highest BCUT2D eigenvalue weighted by molar-refractivity contribution is 5.73. The van der Waals surface area contributed by atoms with Crippen molar-refractivity contribution in [1.82, 2.24) is 4.90 Å². The van der Waals surface area contributed by atoms with Gasteiger partial charge in [0.1, 0.15) is 0 Å². The fourth-order valence-corrected chi connectivity index (χ4v) is 3.65. The van der Waals surface area contributed by atoms with Crippen LogP contribution >= 0.6 is 0 Å². The zero-order chi connectivity index (χ0) is 21.3. The third kappa shape index (κ3) is 5.44. The summed E-state index contributed by atoms with van der Waals surface area (Å²) in [5, 5.41) is 20.3. The molecule has 0 aliphatic rings. The van der Waals surface area contributed by atoms with Crippen molar-refractivity contribution < 1.29 is 15.0 Å².